The van der Waals surface area contributed by atoms with Crippen molar-refractivity contribution >= 4 is 22.4 Å². The number of amides is 1. The van der Waals surface area contributed by atoms with E-state index in [1.165, 1.54) is 11.1 Å². The first kappa shape index (κ1) is 15.3. The van der Waals surface area contributed by atoms with Crippen molar-refractivity contribution < 1.29 is 4.79 Å². The second-order valence-corrected chi connectivity index (χ2v) is 5.67. The van der Waals surface area contributed by atoms with Crippen molar-refractivity contribution in [3.8, 4) is 0 Å². The van der Waals surface area contributed by atoms with Crippen LogP contribution in [-0.2, 0) is 12.8 Å². The van der Waals surface area contributed by atoms with Gasteiger partial charge in [-0.15, -0.1) is 0 Å². The molecule has 0 aliphatic carbocycles. The van der Waals surface area contributed by atoms with Gasteiger partial charge in [-0.2, -0.15) is 0 Å². The molecule has 23 heavy (non-hydrogen) atoms. The Balaban J connectivity index is 1.94. The van der Waals surface area contributed by atoms with Crippen LogP contribution in [0.3, 0.4) is 0 Å². The largest absolute Gasteiger partial charge is 0.321 e. The SMILES string of the molecule is CCc1cccc(CC)c1NC(=O)c1ccc2ccccc2c1. The zero-order chi connectivity index (χ0) is 16.2. The molecule has 0 unspecified atom stereocenters. The number of hydrogen-bond donors (Lipinski definition) is 1. The lowest BCUT2D eigenvalue weighted by Crippen LogP contribution is -2.14. The Bertz CT molecular complexity index is 829. The van der Waals surface area contributed by atoms with Crippen LogP contribution >= 0.6 is 0 Å². The fourth-order valence-electron chi connectivity index (χ4n) is 2.92. The molecule has 0 aliphatic rings. The summed E-state index contributed by atoms with van der Waals surface area (Å²) in [7, 11) is 0. The Morgan fingerprint density at radius 3 is 2.13 bits per heavy atom. The smallest absolute Gasteiger partial charge is 0.255 e. The number of rotatable bonds is 4. The topological polar surface area (TPSA) is 29.1 Å². The fourth-order valence-corrected chi connectivity index (χ4v) is 2.92. The van der Waals surface area contributed by atoms with Gasteiger partial charge in [0.05, 0.1) is 0 Å². The zero-order valence-electron chi connectivity index (χ0n) is 13.6. The van der Waals surface area contributed by atoms with Crippen LogP contribution in [0.4, 0.5) is 5.69 Å². The summed E-state index contributed by atoms with van der Waals surface area (Å²) < 4.78 is 0. The van der Waals surface area contributed by atoms with E-state index in [2.05, 4.69) is 43.4 Å². The lowest BCUT2D eigenvalue weighted by molar-refractivity contribution is 0.102. The van der Waals surface area contributed by atoms with Gasteiger partial charge in [0.15, 0.2) is 0 Å². The van der Waals surface area contributed by atoms with Gasteiger partial charge in [0.2, 0.25) is 0 Å². The Hall–Kier alpha value is -2.61. The highest BCUT2D eigenvalue weighted by atomic mass is 16.1. The molecule has 0 radical (unpaired) electrons. The van der Waals surface area contributed by atoms with Gasteiger partial charge in [-0.1, -0.05) is 62.4 Å². The van der Waals surface area contributed by atoms with Crippen molar-refractivity contribution in [1.29, 1.82) is 0 Å². The minimum atomic E-state index is -0.0497. The van der Waals surface area contributed by atoms with E-state index >= 15 is 0 Å². The van der Waals surface area contributed by atoms with E-state index in [9.17, 15) is 4.79 Å². The van der Waals surface area contributed by atoms with Crippen molar-refractivity contribution in [2.24, 2.45) is 0 Å². The molecule has 0 aromatic heterocycles. The third-order valence-electron chi connectivity index (χ3n) is 4.25. The summed E-state index contributed by atoms with van der Waals surface area (Å²) in [5, 5.41) is 5.35. The number of anilines is 1. The first-order chi connectivity index (χ1) is 11.2. The van der Waals surface area contributed by atoms with E-state index in [1.807, 2.05) is 36.4 Å². The normalized spacial score (nSPS) is 10.7. The molecule has 2 nitrogen and oxygen atoms in total. The molecule has 0 heterocycles. The highest BCUT2D eigenvalue weighted by molar-refractivity contribution is 6.07. The number of hydrogen-bond acceptors (Lipinski definition) is 1. The average Bonchev–Trinajstić information content (AvgIpc) is 2.61. The number of carbonyl (C=O) groups is 1. The molecule has 2 heteroatoms. The fraction of sp³-hybridized carbons (Fsp3) is 0.190. The molecule has 0 saturated heterocycles. The summed E-state index contributed by atoms with van der Waals surface area (Å²) in [6.45, 7) is 4.22. The summed E-state index contributed by atoms with van der Waals surface area (Å²) in [5.74, 6) is -0.0497. The van der Waals surface area contributed by atoms with Gasteiger partial charge in [-0.3, -0.25) is 4.79 Å². The van der Waals surface area contributed by atoms with Crippen molar-refractivity contribution in [3.05, 3.63) is 77.4 Å². The first-order valence-corrected chi connectivity index (χ1v) is 8.13. The van der Waals surface area contributed by atoms with Crippen molar-refractivity contribution in [1.82, 2.24) is 0 Å². The minimum absolute atomic E-state index is 0.0497. The highest BCUT2D eigenvalue weighted by Crippen LogP contribution is 2.24. The molecule has 0 fully saturated rings. The molecule has 0 spiro atoms. The number of para-hydroxylation sites is 1. The van der Waals surface area contributed by atoms with Gasteiger partial charge in [0.25, 0.3) is 5.91 Å². The van der Waals surface area contributed by atoms with Gasteiger partial charge in [0.1, 0.15) is 0 Å². The molecule has 1 amide bonds. The van der Waals surface area contributed by atoms with Crippen LogP contribution in [0.1, 0.15) is 35.3 Å². The number of benzene rings is 3. The molecule has 0 atom stereocenters. The Labute approximate surface area is 137 Å². The maximum Gasteiger partial charge on any atom is 0.255 e. The van der Waals surface area contributed by atoms with E-state index in [0.29, 0.717) is 5.56 Å². The average molecular weight is 303 g/mol. The molecule has 0 aliphatic heterocycles. The van der Waals surface area contributed by atoms with Crippen LogP contribution in [0, 0.1) is 0 Å². The predicted molar refractivity (Wildman–Crippen MR) is 97.1 cm³/mol. The monoisotopic (exact) mass is 303 g/mol. The Kier molecular flexibility index (Phi) is 4.42. The standard InChI is InChI=1S/C21H21NO/c1-3-15-10-7-11-16(4-2)20(15)22-21(23)19-13-12-17-8-5-6-9-18(17)14-19/h5-14H,3-4H2,1-2H3,(H,22,23). The second kappa shape index (κ2) is 6.66. The molecule has 116 valence electrons. The number of carbonyl (C=O) groups excluding carboxylic acids is 1. The molecule has 1 N–H and O–H groups in total. The summed E-state index contributed by atoms with van der Waals surface area (Å²) in [5.41, 5.74) is 4.02. The van der Waals surface area contributed by atoms with Crippen LogP contribution in [0.15, 0.2) is 60.7 Å². The van der Waals surface area contributed by atoms with Crippen LogP contribution in [-0.4, -0.2) is 5.91 Å². The molecule has 0 saturated carbocycles. The Morgan fingerprint density at radius 1 is 0.826 bits per heavy atom. The summed E-state index contributed by atoms with van der Waals surface area (Å²) in [6.07, 6.45) is 1.81. The number of aryl methyl sites for hydroxylation is 2. The van der Waals surface area contributed by atoms with Gasteiger partial charge in [-0.05, 0) is 46.9 Å². The van der Waals surface area contributed by atoms with Gasteiger partial charge >= 0.3 is 0 Å². The number of fused-ring (bicyclic) bond motifs is 1. The number of nitrogens with one attached hydrogen (secondary N) is 1. The summed E-state index contributed by atoms with van der Waals surface area (Å²) >= 11 is 0. The third-order valence-corrected chi connectivity index (χ3v) is 4.25. The molecule has 3 rings (SSSR count). The summed E-state index contributed by atoms with van der Waals surface area (Å²) in [4.78, 5) is 12.7. The third kappa shape index (κ3) is 3.11. The molecule has 3 aromatic rings. The zero-order valence-corrected chi connectivity index (χ0v) is 13.6. The molecule has 0 bridgehead atoms. The maximum absolute atomic E-state index is 12.7. The van der Waals surface area contributed by atoms with Crippen molar-refractivity contribution in [2.75, 3.05) is 5.32 Å². The van der Waals surface area contributed by atoms with Crippen molar-refractivity contribution in [2.45, 2.75) is 26.7 Å². The quantitative estimate of drug-likeness (QED) is 0.703. The maximum atomic E-state index is 12.7. The lowest BCUT2D eigenvalue weighted by Gasteiger charge is -2.14. The molecule has 3 aromatic carbocycles. The van der Waals surface area contributed by atoms with E-state index in [0.717, 1.165) is 29.3 Å². The van der Waals surface area contributed by atoms with Crippen LogP contribution < -0.4 is 5.32 Å². The van der Waals surface area contributed by atoms with Gasteiger partial charge < -0.3 is 5.32 Å². The predicted octanol–water partition coefficient (Wildman–Crippen LogP) is 5.22. The van der Waals surface area contributed by atoms with Crippen molar-refractivity contribution in [3.63, 3.8) is 0 Å². The van der Waals surface area contributed by atoms with Crippen LogP contribution in [0.5, 0.6) is 0 Å². The summed E-state index contributed by atoms with van der Waals surface area (Å²) in [6, 6.07) is 20.1. The lowest BCUT2D eigenvalue weighted by atomic mass is 10.0. The van der Waals surface area contributed by atoms with E-state index < -0.39 is 0 Å². The minimum Gasteiger partial charge on any atom is -0.321 e. The van der Waals surface area contributed by atoms with Crippen LogP contribution in [0.25, 0.3) is 10.8 Å². The first-order valence-electron chi connectivity index (χ1n) is 8.13. The van der Waals surface area contributed by atoms with Gasteiger partial charge in [0, 0.05) is 11.3 Å². The Morgan fingerprint density at radius 2 is 1.48 bits per heavy atom. The van der Waals surface area contributed by atoms with Crippen LogP contribution in [0.2, 0.25) is 0 Å². The highest BCUT2D eigenvalue weighted by Gasteiger charge is 2.12. The van der Waals surface area contributed by atoms with E-state index in [4.69, 9.17) is 0 Å². The van der Waals surface area contributed by atoms with E-state index in [1.54, 1.807) is 0 Å². The van der Waals surface area contributed by atoms with Gasteiger partial charge in [-0.25, -0.2) is 0 Å². The van der Waals surface area contributed by atoms with E-state index in [-0.39, 0.29) is 5.91 Å². The second-order valence-electron chi connectivity index (χ2n) is 5.67. The molecular weight excluding hydrogens is 282 g/mol. The molecular formula is C21H21NO.